The van der Waals surface area contributed by atoms with Gasteiger partial charge in [0.2, 0.25) is 0 Å². The molecule has 1 N–H and O–H groups in total. The van der Waals surface area contributed by atoms with E-state index in [9.17, 15) is 0 Å². The highest BCUT2D eigenvalue weighted by Crippen LogP contribution is 2.26. The summed E-state index contributed by atoms with van der Waals surface area (Å²) < 4.78 is 0.327. The van der Waals surface area contributed by atoms with Crippen molar-refractivity contribution in [2.24, 2.45) is 0 Å². The third-order valence-corrected chi connectivity index (χ3v) is 4.91. The Labute approximate surface area is 127 Å². The van der Waals surface area contributed by atoms with E-state index in [2.05, 4.69) is 75.6 Å². The number of benzene rings is 2. The molecule has 0 fully saturated rings. The van der Waals surface area contributed by atoms with Crippen LogP contribution in [0.2, 0.25) is 0 Å². The Kier molecular flexibility index (Phi) is 5.11. The summed E-state index contributed by atoms with van der Waals surface area (Å²) in [6, 6.07) is 15.8. The fourth-order valence-corrected chi connectivity index (χ4v) is 3.32. The largest absolute Gasteiger partial charge is 0.316 e. The second-order valence-corrected chi connectivity index (χ2v) is 8.10. The van der Waals surface area contributed by atoms with E-state index in [0.717, 1.165) is 12.2 Å². The molecule has 0 aliphatic heterocycles. The zero-order chi connectivity index (χ0) is 14.6. The minimum Gasteiger partial charge on any atom is -0.316 e. The molecule has 1 unspecified atom stereocenters. The minimum absolute atomic E-state index is 0.327. The molecule has 0 aliphatic carbocycles. The molecule has 108 valence electrons. The van der Waals surface area contributed by atoms with Crippen LogP contribution in [0.4, 0.5) is 0 Å². The summed E-state index contributed by atoms with van der Waals surface area (Å²) in [5.74, 6) is 1.14. The molecule has 2 heteroatoms. The smallest absolute Gasteiger partial charge is 0.0196 e. The van der Waals surface area contributed by atoms with Crippen molar-refractivity contribution >= 4 is 22.5 Å². The zero-order valence-corrected chi connectivity index (χ0v) is 13.8. The lowest BCUT2D eigenvalue weighted by molar-refractivity contribution is 0.615. The van der Waals surface area contributed by atoms with Crippen LogP contribution in [0, 0.1) is 0 Å². The number of nitrogens with one attached hydrogen (secondary N) is 1. The van der Waals surface area contributed by atoms with Crippen LogP contribution in [0.25, 0.3) is 10.8 Å². The van der Waals surface area contributed by atoms with Crippen molar-refractivity contribution in [2.45, 2.75) is 38.0 Å². The van der Waals surface area contributed by atoms with E-state index in [0.29, 0.717) is 10.8 Å². The van der Waals surface area contributed by atoms with Gasteiger partial charge in [0.25, 0.3) is 0 Å². The number of likely N-dealkylation sites (N-methyl/N-ethyl adjacent to an activating group) is 1. The van der Waals surface area contributed by atoms with Gasteiger partial charge < -0.3 is 5.32 Å². The average Bonchev–Trinajstić information content (AvgIpc) is 2.42. The zero-order valence-electron chi connectivity index (χ0n) is 12.9. The second kappa shape index (κ2) is 6.64. The molecule has 0 radical (unpaired) electrons. The first-order chi connectivity index (χ1) is 9.49. The van der Waals surface area contributed by atoms with E-state index >= 15 is 0 Å². The Morgan fingerprint density at radius 2 is 1.75 bits per heavy atom. The van der Waals surface area contributed by atoms with Crippen molar-refractivity contribution in [2.75, 3.05) is 12.8 Å². The van der Waals surface area contributed by atoms with Crippen molar-refractivity contribution in [3.8, 4) is 0 Å². The van der Waals surface area contributed by atoms with Crippen LogP contribution in [0.5, 0.6) is 0 Å². The molecule has 0 saturated heterocycles. The van der Waals surface area contributed by atoms with E-state index in [1.807, 2.05) is 11.8 Å². The quantitative estimate of drug-likeness (QED) is 0.869. The second-order valence-electron chi connectivity index (χ2n) is 6.25. The topological polar surface area (TPSA) is 12.0 Å². The molecular weight excluding hydrogens is 262 g/mol. The molecule has 0 heterocycles. The molecule has 2 rings (SSSR count). The maximum Gasteiger partial charge on any atom is 0.0196 e. The SMILES string of the molecule is CNC(CSC(C)(C)C)Cc1cccc2ccccc12. The van der Waals surface area contributed by atoms with Crippen molar-refractivity contribution in [3.05, 3.63) is 48.0 Å². The van der Waals surface area contributed by atoms with Crippen molar-refractivity contribution in [1.29, 1.82) is 0 Å². The summed E-state index contributed by atoms with van der Waals surface area (Å²) in [6.45, 7) is 6.84. The highest BCUT2D eigenvalue weighted by atomic mass is 32.2. The van der Waals surface area contributed by atoms with Gasteiger partial charge in [-0.2, -0.15) is 11.8 Å². The molecule has 2 aromatic carbocycles. The summed E-state index contributed by atoms with van der Waals surface area (Å²) in [6.07, 6.45) is 1.08. The number of hydrogen-bond acceptors (Lipinski definition) is 2. The molecular formula is C18H25NS. The normalized spacial score (nSPS) is 13.6. The number of hydrogen-bond donors (Lipinski definition) is 1. The molecule has 0 bridgehead atoms. The summed E-state index contributed by atoms with van der Waals surface area (Å²) in [5.41, 5.74) is 1.44. The third-order valence-electron chi connectivity index (χ3n) is 3.47. The molecule has 0 aromatic heterocycles. The lowest BCUT2D eigenvalue weighted by atomic mass is 9.99. The molecule has 0 aliphatic rings. The summed E-state index contributed by atoms with van der Waals surface area (Å²) in [5, 5.41) is 6.19. The van der Waals surface area contributed by atoms with Crippen LogP contribution in [0.3, 0.4) is 0 Å². The van der Waals surface area contributed by atoms with Crippen molar-refractivity contribution in [1.82, 2.24) is 5.32 Å². The molecule has 0 saturated carbocycles. The lowest BCUT2D eigenvalue weighted by Gasteiger charge is -2.23. The fourth-order valence-electron chi connectivity index (χ4n) is 2.33. The van der Waals surface area contributed by atoms with E-state index in [4.69, 9.17) is 0 Å². The Hall–Kier alpha value is -0.990. The molecule has 1 nitrogen and oxygen atoms in total. The van der Waals surface area contributed by atoms with Gasteiger partial charge in [0.1, 0.15) is 0 Å². The summed E-state index contributed by atoms with van der Waals surface area (Å²) in [4.78, 5) is 0. The van der Waals surface area contributed by atoms with Crippen LogP contribution in [0.15, 0.2) is 42.5 Å². The standard InChI is InChI=1S/C18H25NS/c1-18(2,3)20-13-16(19-4)12-15-10-7-9-14-8-5-6-11-17(14)15/h5-11,16,19H,12-13H2,1-4H3. The number of fused-ring (bicyclic) bond motifs is 1. The van der Waals surface area contributed by atoms with Gasteiger partial charge in [-0.3, -0.25) is 0 Å². The third kappa shape index (κ3) is 4.26. The van der Waals surface area contributed by atoms with Crippen LogP contribution < -0.4 is 5.32 Å². The highest BCUT2D eigenvalue weighted by Gasteiger charge is 2.15. The first-order valence-corrected chi connectivity index (χ1v) is 8.26. The maximum absolute atomic E-state index is 3.47. The van der Waals surface area contributed by atoms with Gasteiger partial charge in [0, 0.05) is 16.5 Å². The van der Waals surface area contributed by atoms with Gasteiger partial charge in [0.15, 0.2) is 0 Å². The molecule has 2 aromatic rings. The van der Waals surface area contributed by atoms with Gasteiger partial charge in [-0.05, 0) is 29.8 Å². The Bertz CT molecular complexity index is 551. The van der Waals surface area contributed by atoms with Crippen molar-refractivity contribution < 1.29 is 0 Å². The van der Waals surface area contributed by atoms with Gasteiger partial charge in [-0.25, -0.2) is 0 Å². The van der Waals surface area contributed by atoms with E-state index in [1.165, 1.54) is 16.3 Å². The van der Waals surface area contributed by atoms with Gasteiger partial charge in [0.05, 0.1) is 0 Å². The van der Waals surface area contributed by atoms with Crippen LogP contribution >= 0.6 is 11.8 Å². The van der Waals surface area contributed by atoms with Gasteiger partial charge in [-0.15, -0.1) is 0 Å². The van der Waals surface area contributed by atoms with Crippen LogP contribution in [-0.2, 0) is 6.42 Å². The monoisotopic (exact) mass is 287 g/mol. The highest BCUT2D eigenvalue weighted by molar-refractivity contribution is 8.00. The van der Waals surface area contributed by atoms with Crippen molar-refractivity contribution in [3.63, 3.8) is 0 Å². The van der Waals surface area contributed by atoms with Crippen LogP contribution in [0.1, 0.15) is 26.3 Å². The fraction of sp³-hybridized carbons (Fsp3) is 0.444. The predicted molar refractivity (Wildman–Crippen MR) is 92.7 cm³/mol. The molecule has 0 spiro atoms. The van der Waals surface area contributed by atoms with Gasteiger partial charge in [-0.1, -0.05) is 63.2 Å². The Morgan fingerprint density at radius 1 is 1.05 bits per heavy atom. The van der Waals surface area contributed by atoms with Gasteiger partial charge >= 0.3 is 0 Å². The summed E-state index contributed by atoms with van der Waals surface area (Å²) in [7, 11) is 2.07. The Balaban J connectivity index is 2.13. The van der Waals surface area contributed by atoms with E-state index < -0.39 is 0 Å². The summed E-state index contributed by atoms with van der Waals surface area (Å²) >= 11 is 2.03. The predicted octanol–water partition coefficient (Wildman–Crippen LogP) is 4.50. The molecule has 20 heavy (non-hydrogen) atoms. The minimum atomic E-state index is 0.327. The number of thioether (sulfide) groups is 1. The maximum atomic E-state index is 3.47. The van der Waals surface area contributed by atoms with E-state index in [1.54, 1.807) is 0 Å². The Morgan fingerprint density at radius 3 is 2.45 bits per heavy atom. The lowest BCUT2D eigenvalue weighted by Crippen LogP contribution is -2.31. The molecule has 1 atom stereocenters. The molecule has 0 amide bonds. The number of rotatable bonds is 5. The average molecular weight is 287 g/mol. The first-order valence-electron chi connectivity index (χ1n) is 7.27. The van der Waals surface area contributed by atoms with Crippen LogP contribution in [-0.4, -0.2) is 23.6 Å². The first kappa shape index (κ1) is 15.4. The van der Waals surface area contributed by atoms with E-state index in [-0.39, 0.29) is 0 Å².